The second kappa shape index (κ2) is 4.60. The molecule has 1 aromatic rings. The highest BCUT2D eigenvalue weighted by atomic mass is 16.3. The quantitative estimate of drug-likeness (QED) is 0.733. The molecule has 0 saturated carbocycles. The fourth-order valence-electron chi connectivity index (χ4n) is 2.36. The predicted molar refractivity (Wildman–Crippen MR) is 59.5 cm³/mol. The van der Waals surface area contributed by atoms with Crippen LogP contribution in [0.15, 0.2) is 42.5 Å². The van der Waals surface area contributed by atoms with Crippen LogP contribution in [0.2, 0.25) is 0 Å². The third kappa shape index (κ3) is 1.96. The standard InChI is InChI=1S/C13H16O2/c14-8-11-6-7-12(9-15)13(11)10-4-2-1-3-5-10/h1-7,11-15H,8-9H2/t11-,12+,13?. The summed E-state index contributed by atoms with van der Waals surface area (Å²) in [5.41, 5.74) is 1.20. The Morgan fingerprint density at radius 1 is 0.867 bits per heavy atom. The van der Waals surface area contributed by atoms with Crippen molar-refractivity contribution in [3.8, 4) is 0 Å². The molecule has 0 amide bonds. The molecule has 0 aliphatic heterocycles. The van der Waals surface area contributed by atoms with Crippen LogP contribution in [-0.4, -0.2) is 23.4 Å². The molecule has 0 radical (unpaired) electrons. The van der Waals surface area contributed by atoms with Crippen LogP contribution in [0.4, 0.5) is 0 Å². The molecule has 3 atom stereocenters. The van der Waals surface area contributed by atoms with Gasteiger partial charge in [0.1, 0.15) is 0 Å². The summed E-state index contributed by atoms with van der Waals surface area (Å²) < 4.78 is 0. The molecule has 1 unspecified atom stereocenters. The Hall–Kier alpha value is -1.12. The maximum Gasteiger partial charge on any atom is 0.0499 e. The number of benzene rings is 1. The topological polar surface area (TPSA) is 40.5 Å². The molecule has 0 spiro atoms. The van der Waals surface area contributed by atoms with Crippen LogP contribution < -0.4 is 0 Å². The van der Waals surface area contributed by atoms with Gasteiger partial charge in [0, 0.05) is 31.0 Å². The summed E-state index contributed by atoms with van der Waals surface area (Å²) in [5.74, 6) is 0.510. The number of hydrogen-bond donors (Lipinski definition) is 2. The van der Waals surface area contributed by atoms with Crippen LogP contribution in [0.3, 0.4) is 0 Å². The molecule has 2 nitrogen and oxygen atoms in total. The van der Waals surface area contributed by atoms with Crippen LogP contribution in [0, 0.1) is 11.8 Å². The van der Waals surface area contributed by atoms with E-state index in [9.17, 15) is 10.2 Å². The first-order valence-electron chi connectivity index (χ1n) is 5.31. The Bertz CT molecular complexity index is 318. The normalized spacial score (nSPS) is 29.6. The molecule has 1 aliphatic carbocycles. The molecular formula is C13H16O2. The van der Waals surface area contributed by atoms with Crippen LogP contribution in [-0.2, 0) is 0 Å². The van der Waals surface area contributed by atoms with Gasteiger partial charge in [0.05, 0.1) is 0 Å². The second-order valence-corrected chi connectivity index (χ2v) is 4.01. The van der Waals surface area contributed by atoms with E-state index in [-0.39, 0.29) is 31.0 Å². The van der Waals surface area contributed by atoms with Crippen LogP contribution in [0.5, 0.6) is 0 Å². The zero-order valence-corrected chi connectivity index (χ0v) is 8.58. The molecular weight excluding hydrogens is 188 g/mol. The fraction of sp³-hybridized carbons (Fsp3) is 0.385. The molecule has 2 N–H and O–H groups in total. The lowest BCUT2D eigenvalue weighted by molar-refractivity contribution is 0.191. The maximum absolute atomic E-state index is 9.28. The first kappa shape index (κ1) is 10.4. The Kier molecular flexibility index (Phi) is 3.19. The third-order valence-corrected chi connectivity index (χ3v) is 3.13. The van der Waals surface area contributed by atoms with Crippen molar-refractivity contribution in [3.63, 3.8) is 0 Å². The van der Waals surface area contributed by atoms with Crippen molar-refractivity contribution in [2.24, 2.45) is 11.8 Å². The van der Waals surface area contributed by atoms with Gasteiger partial charge in [-0.15, -0.1) is 0 Å². The van der Waals surface area contributed by atoms with Gasteiger partial charge in [0.2, 0.25) is 0 Å². The highest BCUT2D eigenvalue weighted by molar-refractivity contribution is 5.27. The third-order valence-electron chi connectivity index (χ3n) is 3.13. The second-order valence-electron chi connectivity index (χ2n) is 4.01. The molecule has 80 valence electrons. The minimum absolute atomic E-state index is 0.143. The van der Waals surface area contributed by atoms with E-state index in [4.69, 9.17) is 0 Å². The lowest BCUT2D eigenvalue weighted by Crippen LogP contribution is -2.19. The Labute approximate surface area is 89.9 Å². The molecule has 0 aromatic heterocycles. The van der Waals surface area contributed by atoms with Crippen molar-refractivity contribution in [2.45, 2.75) is 5.92 Å². The number of aliphatic hydroxyl groups excluding tert-OH is 2. The summed E-state index contributed by atoms with van der Waals surface area (Å²) in [6.45, 7) is 0.291. The number of rotatable bonds is 3. The van der Waals surface area contributed by atoms with Gasteiger partial charge in [-0.05, 0) is 5.56 Å². The fourth-order valence-corrected chi connectivity index (χ4v) is 2.36. The summed E-state index contributed by atoms with van der Waals surface area (Å²) in [4.78, 5) is 0. The zero-order chi connectivity index (χ0) is 10.7. The number of aliphatic hydroxyl groups is 2. The van der Waals surface area contributed by atoms with Crippen molar-refractivity contribution in [3.05, 3.63) is 48.0 Å². The van der Waals surface area contributed by atoms with E-state index in [1.165, 1.54) is 5.56 Å². The van der Waals surface area contributed by atoms with E-state index in [2.05, 4.69) is 12.1 Å². The summed E-state index contributed by atoms with van der Waals surface area (Å²) in [6.07, 6.45) is 4.02. The highest BCUT2D eigenvalue weighted by Crippen LogP contribution is 2.38. The van der Waals surface area contributed by atoms with Crippen LogP contribution in [0.1, 0.15) is 11.5 Å². The first-order valence-corrected chi connectivity index (χ1v) is 5.31. The van der Waals surface area contributed by atoms with E-state index in [1.807, 2.05) is 30.4 Å². The van der Waals surface area contributed by atoms with Crippen LogP contribution in [0.25, 0.3) is 0 Å². The predicted octanol–water partition coefficient (Wildman–Crippen LogP) is 1.56. The van der Waals surface area contributed by atoms with Crippen molar-refractivity contribution >= 4 is 0 Å². The van der Waals surface area contributed by atoms with Gasteiger partial charge in [0.25, 0.3) is 0 Å². The molecule has 0 saturated heterocycles. The zero-order valence-electron chi connectivity index (χ0n) is 8.58. The van der Waals surface area contributed by atoms with Gasteiger partial charge in [-0.25, -0.2) is 0 Å². The first-order chi connectivity index (χ1) is 7.36. The van der Waals surface area contributed by atoms with E-state index >= 15 is 0 Å². The summed E-state index contributed by atoms with van der Waals surface area (Å²) in [7, 11) is 0. The summed E-state index contributed by atoms with van der Waals surface area (Å²) in [6, 6.07) is 10.1. The molecule has 0 heterocycles. The SMILES string of the molecule is OC[C@H]1C=C[C@@H](CO)C1c1ccccc1. The summed E-state index contributed by atoms with van der Waals surface area (Å²) in [5, 5.41) is 18.6. The molecule has 2 heteroatoms. The van der Waals surface area contributed by atoms with E-state index < -0.39 is 0 Å². The Balaban J connectivity index is 2.26. The van der Waals surface area contributed by atoms with Gasteiger partial charge in [0.15, 0.2) is 0 Å². The molecule has 0 bridgehead atoms. The van der Waals surface area contributed by atoms with Crippen molar-refractivity contribution in [1.82, 2.24) is 0 Å². The lowest BCUT2D eigenvalue weighted by atomic mass is 9.83. The van der Waals surface area contributed by atoms with Gasteiger partial charge in [-0.3, -0.25) is 0 Å². The average molecular weight is 204 g/mol. The molecule has 15 heavy (non-hydrogen) atoms. The van der Waals surface area contributed by atoms with Gasteiger partial charge < -0.3 is 10.2 Å². The Morgan fingerprint density at radius 2 is 1.40 bits per heavy atom. The van der Waals surface area contributed by atoms with Crippen molar-refractivity contribution in [1.29, 1.82) is 0 Å². The van der Waals surface area contributed by atoms with E-state index in [1.54, 1.807) is 0 Å². The minimum Gasteiger partial charge on any atom is -0.396 e. The highest BCUT2D eigenvalue weighted by Gasteiger charge is 2.31. The minimum atomic E-state index is 0.143. The lowest BCUT2D eigenvalue weighted by Gasteiger charge is -2.23. The van der Waals surface area contributed by atoms with Gasteiger partial charge >= 0.3 is 0 Å². The number of hydrogen-bond acceptors (Lipinski definition) is 2. The monoisotopic (exact) mass is 204 g/mol. The Morgan fingerprint density at radius 3 is 1.87 bits per heavy atom. The van der Waals surface area contributed by atoms with E-state index in [0.29, 0.717) is 0 Å². The summed E-state index contributed by atoms with van der Waals surface area (Å²) >= 11 is 0. The van der Waals surface area contributed by atoms with Gasteiger partial charge in [-0.2, -0.15) is 0 Å². The molecule has 1 aliphatic rings. The molecule has 0 fully saturated rings. The largest absolute Gasteiger partial charge is 0.396 e. The molecule has 1 aromatic carbocycles. The maximum atomic E-state index is 9.28. The van der Waals surface area contributed by atoms with Crippen molar-refractivity contribution in [2.75, 3.05) is 13.2 Å². The smallest absolute Gasteiger partial charge is 0.0499 e. The molecule has 2 rings (SSSR count). The van der Waals surface area contributed by atoms with Gasteiger partial charge in [-0.1, -0.05) is 42.5 Å². The average Bonchev–Trinajstić information content (AvgIpc) is 2.72. The van der Waals surface area contributed by atoms with E-state index in [0.717, 1.165) is 0 Å². The van der Waals surface area contributed by atoms with Crippen molar-refractivity contribution < 1.29 is 10.2 Å². The van der Waals surface area contributed by atoms with Crippen LogP contribution >= 0.6 is 0 Å².